The molecule has 2 aliphatic heterocycles. The molecule has 0 spiro atoms. The Morgan fingerprint density at radius 2 is 1.97 bits per heavy atom. The summed E-state index contributed by atoms with van der Waals surface area (Å²) < 4.78 is 67.3. The van der Waals surface area contributed by atoms with Gasteiger partial charge in [0.25, 0.3) is 5.91 Å². The lowest BCUT2D eigenvalue weighted by molar-refractivity contribution is -0.183. The SMILES string of the molecule is CC(C)(C)OC(=O)N1CCOC[C@H]1c1cccc(NC(=O)C2(C(F)(F)F)C=CC=CN2)c1F. The number of halogens is 4. The molecule has 180 valence electrons. The van der Waals surface area contributed by atoms with E-state index in [1.54, 1.807) is 20.8 Å². The van der Waals surface area contributed by atoms with Crippen LogP contribution in [0.15, 0.2) is 42.6 Å². The van der Waals surface area contributed by atoms with Crippen LogP contribution in [0.2, 0.25) is 0 Å². The van der Waals surface area contributed by atoms with Crippen LogP contribution in [0.3, 0.4) is 0 Å². The number of alkyl halides is 3. The number of amides is 2. The second-order valence-corrected chi connectivity index (χ2v) is 8.60. The monoisotopic (exact) mass is 471 g/mol. The Morgan fingerprint density at radius 1 is 1.24 bits per heavy atom. The van der Waals surface area contributed by atoms with Crippen molar-refractivity contribution < 1.29 is 36.6 Å². The molecule has 1 saturated heterocycles. The Labute approximate surface area is 188 Å². The van der Waals surface area contributed by atoms with Gasteiger partial charge in [-0.15, -0.1) is 0 Å². The molecule has 0 aliphatic carbocycles. The third-order valence-electron chi connectivity index (χ3n) is 5.06. The van der Waals surface area contributed by atoms with Gasteiger partial charge < -0.3 is 20.1 Å². The van der Waals surface area contributed by atoms with Crippen molar-refractivity contribution in [1.29, 1.82) is 0 Å². The van der Waals surface area contributed by atoms with E-state index in [2.05, 4.69) is 0 Å². The first kappa shape index (κ1) is 24.6. The zero-order valence-electron chi connectivity index (χ0n) is 18.3. The number of nitrogens with one attached hydrogen (secondary N) is 2. The van der Waals surface area contributed by atoms with Crippen molar-refractivity contribution in [2.45, 2.75) is 44.1 Å². The largest absolute Gasteiger partial charge is 0.444 e. The van der Waals surface area contributed by atoms with Crippen LogP contribution in [0.5, 0.6) is 0 Å². The highest BCUT2D eigenvalue weighted by Crippen LogP contribution is 2.36. The standard InChI is InChI=1S/C22H25F4N3O4/c1-20(2,3)33-19(31)29-11-12-32-13-16(29)14-7-6-8-15(17(14)23)28-18(30)21(22(24,25)26)9-4-5-10-27-21/h4-10,16,27H,11-13H2,1-3H3,(H,28,30)/t16-,21?/m0/s1. The summed E-state index contributed by atoms with van der Waals surface area (Å²) in [6.07, 6.45) is -1.65. The molecule has 3 rings (SSSR count). The quantitative estimate of drug-likeness (QED) is 0.651. The molecule has 7 nitrogen and oxygen atoms in total. The molecule has 11 heteroatoms. The Morgan fingerprint density at radius 3 is 2.58 bits per heavy atom. The molecule has 2 aliphatic rings. The summed E-state index contributed by atoms with van der Waals surface area (Å²) >= 11 is 0. The average Bonchev–Trinajstić information content (AvgIpc) is 2.73. The normalized spacial score (nSPS) is 23.1. The van der Waals surface area contributed by atoms with Crippen molar-refractivity contribution in [2.24, 2.45) is 0 Å². The van der Waals surface area contributed by atoms with Crippen molar-refractivity contribution in [2.75, 3.05) is 25.1 Å². The number of benzene rings is 1. The molecule has 0 bridgehead atoms. The number of morpholine rings is 1. The number of nitrogens with zero attached hydrogens (tertiary/aromatic N) is 1. The van der Waals surface area contributed by atoms with Crippen LogP contribution in [0.1, 0.15) is 32.4 Å². The minimum atomic E-state index is -4.99. The predicted octanol–water partition coefficient (Wildman–Crippen LogP) is 4.05. The maximum atomic E-state index is 15.4. The van der Waals surface area contributed by atoms with Crippen LogP contribution in [0, 0.1) is 5.82 Å². The Bertz CT molecular complexity index is 971. The molecular weight excluding hydrogens is 446 g/mol. The molecular formula is C22H25F4N3O4. The molecule has 0 radical (unpaired) electrons. The van der Waals surface area contributed by atoms with Crippen LogP contribution in [0.4, 0.5) is 28.0 Å². The van der Waals surface area contributed by atoms with E-state index in [-0.39, 0.29) is 25.3 Å². The molecule has 1 aromatic carbocycles. The summed E-state index contributed by atoms with van der Waals surface area (Å²) in [5, 5.41) is 4.05. The highest BCUT2D eigenvalue weighted by atomic mass is 19.4. The lowest BCUT2D eigenvalue weighted by Crippen LogP contribution is -2.62. The highest BCUT2D eigenvalue weighted by molar-refractivity contribution is 6.01. The van der Waals surface area contributed by atoms with E-state index in [0.717, 1.165) is 18.3 Å². The minimum Gasteiger partial charge on any atom is -0.444 e. The lowest BCUT2D eigenvalue weighted by atomic mass is 9.94. The summed E-state index contributed by atoms with van der Waals surface area (Å²) in [4.78, 5) is 26.6. The minimum absolute atomic E-state index is 0.0218. The maximum absolute atomic E-state index is 15.4. The third kappa shape index (κ3) is 5.13. The summed E-state index contributed by atoms with van der Waals surface area (Å²) in [6.45, 7) is 5.37. The number of carbonyl (C=O) groups excluding carboxylic acids is 2. The first-order chi connectivity index (χ1) is 15.4. The van der Waals surface area contributed by atoms with Gasteiger partial charge in [0.15, 0.2) is 5.82 Å². The molecule has 0 aromatic heterocycles. The number of ether oxygens (including phenoxy) is 2. The second kappa shape index (κ2) is 9.05. The topological polar surface area (TPSA) is 79.9 Å². The van der Waals surface area contributed by atoms with Gasteiger partial charge in [-0.1, -0.05) is 18.2 Å². The Hall–Kier alpha value is -3.08. The van der Waals surface area contributed by atoms with Gasteiger partial charge in [-0.2, -0.15) is 13.2 Å². The highest BCUT2D eigenvalue weighted by Gasteiger charge is 2.59. The van der Waals surface area contributed by atoms with Gasteiger partial charge in [0.05, 0.1) is 24.9 Å². The molecule has 33 heavy (non-hydrogen) atoms. The van der Waals surface area contributed by atoms with Gasteiger partial charge >= 0.3 is 12.3 Å². The van der Waals surface area contributed by atoms with Crippen molar-refractivity contribution in [1.82, 2.24) is 10.2 Å². The van der Waals surface area contributed by atoms with Crippen molar-refractivity contribution in [3.05, 3.63) is 54.0 Å². The first-order valence-electron chi connectivity index (χ1n) is 10.2. The van der Waals surface area contributed by atoms with Crippen molar-refractivity contribution >= 4 is 17.7 Å². The molecule has 0 saturated carbocycles. The fourth-order valence-electron chi connectivity index (χ4n) is 3.45. The fourth-order valence-corrected chi connectivity index (χ4v) is 3.45. The molecule has 1 unspecified atom stereocenters. The van der Waals surface area contributed by atoms with E-state index in [1.807, 2.05) is 10.6 Å². The van der Waals surface area contributed by atoms with E-state index < -0.39 is 46.9 Å². The number of hydrogen-bond acceptors (Lipinski definition) is 5. The number of hydrogen-bond donors (Lipinski definition) is 2. The van der Waals surface area contributed by atoms with E-state index in [4.69, 9.17) is 9.47 Å². The predicted molar refractivity (Wildman–Crippen MR) is 112 cm³/mol. The van der Waals surface area contributed by atoms with Crippen LogP contribution >= 0.6 is 0 Å². The summed E-state index contributed by atoms with van der Waals surface area (Å²) in [6, 6.07) is 3.01. The van der Waals surface area contributed by atoms with Crippen LogP contribution < -0.4 is 10.6 Å². The van der Waals surface area contributed by atoms with E-state index in [0.29, 0.717) is 6.08 Å². The molecule has 1 fully saturated rings. The number of carbonyl (C=O) groups is 2. The Balaban J connectivity index is 1.90. The molecule has 1 aromatic rings. The van der Waals surface area contributed by atoms with Crippen molar-refractivity contribution in [3.63, 3.8) is 0 Å². The summed E-state index contributed by atoms with van der Waals surface area (Å²) in [5.74, 6) is -2.47. The van der Waals surface area contributed by atoms with E-state index in [9.17, 15) is 22.8 Å². The fraction of sp³-hybridized carbons (Fsp3) is 0.455. The van der Waals surface area contributed by atoms with Crippen LogP contribution in [0.25, 0.3) is 0 Å². The van der Waals surface area contributed by atoms with Gasteiger partial charge in [0.2, 0.25) is 5.54 Å². The summed E-state index contributed by atoms with van der Waals surface area (Å²) in [7, 11) is 0. The zero-order chi connectivity index (χ0) is 24.4. The van der Waals surface area contributed by atoms with E-state index in [1.165, 1.54) is 23.1 Å². The van der Waals surface area contributed by atoms with Gasteiger partial charge in [-0.25, -0.2) is 9.18 Å². The van der Waals surface area contributed by atoms with Crippen molar-refractivity contribution in [3.8, 4) is 0 Å². The Kier molecular flexibility index (Phi) is 6.73. The second-order valence-electron chi connectivity index (χ2n) is 8.60. The van der Waals surface area contributed by atoms with Gasteiger partial charge in [-0.05, 0) is 45.2 Å². The van der Waals surface area contributed by atoms with Gasteiger partial charge in [0, 0.05) is 12.1 Å². The first-order valence-corrected chi connectivity index (χ1v) is 10.2. The molecule has 2 amide bonds. The molecule has 2 heterocycles. The third-order valence-corrected chi connectivity index (χ3v) is 5.06. The number of anilines is 1. The van der Waals surface area contributed by atoms with Crippen LogP contribution in [-0.4, -0.2) is 54.0 Å². The summed E-state index contributed by atoms with van der Waals surface area (Å²) in [5.41, 5.74) is -4.32. The molecule has 2 atom stereocenters. The van der Waals surface area contributed by atoms with Gasteiger partial charge in [-0.3, -0.25) is 9.69 Å². The smallest absolute Gasteiger partial charge is 0.424 e. The van der Waals surface area contributed by atoms with Gasteiger partial charge in [0.1, 0.15) is 5.60 Å². The zero-order valence-corrected chi connectivity index (χ0v) is 18.3. The number of allylic oxidation sites excluding steroid dienone is 2. The lowest BCUT2D eigenvalue weighted by Gasteiger charge is -2.37. The number of rotatable bonds is 3. The maximum Gasteiger partial charge on any atom is 0.424 e. The number of dihydropyridines is 1. The van der Waals surface area contributed by atoms with Crippen LogP contribution in [-0.2, 0) is 14.3 Å². The average molecular weight is 471 g/mol. The van der Waals surface area contributed by atoms with E-state index >= 15 is 4.39 Å². The molecule has 2 N–H and O–H groups in total.